The monoisotopic (exact) mass is 531 g/mol. The third-order valence-electron chi connectivity index (χ3n) is 5.65. The number of carbonyl (C=O) groups is 3. The lowest BCUT2D eigenvalue weighted by molar-refractivity contribution is -0.140. The Kier molecular flexibility index (Phi) is 10.8. The van der Waals surface area contributed by atoms with Crippen LogP contribution in [0.1, 0.15) is 43.5 Å². The fourth-order valence-corrected chi connectivity index (χ4v) is 3.96. The van der Waals surface area contributed by atoms with Crippen molar-refractivity contribution in [3.8, 4) is 5.75 Å². The Morgan fingerprint density at radius 1 is 1.08 bits per heavy atom. The lowest BCUT2D eigenvalue weighted by atomic mass is 9.95. The molecule has 0 saturated carbocycles. The normalized spacial score (nSPS) is 12.8. The van der Waals surface area contributed by atoms with Gasteiger partial charge in [0.25, 0.3) is 5.91 Å². The van der Waals surface area contributed by atoms with Crippen LogP contribution < -0.4 is 15.4 Å². The molecule has 9 nitrogen and oxygen atoms in total. The van der Waals surface area contributed by atoms with Crippen LogP contribution in [0.15, 0.2) is 42.5 Å². The van der Waals surface area contributed by atoms with Gasteiger partial charge in [-0.25, -0.2) is 4.79 Å². The molecule has 0 bridgehead atoms. The summed E-state index contributed by atoms with van der Waals surface area (Å²) >= 11 is 4.25. The average Bonchev–Trinajstić information content (AvgIpc) is 2.83. The number of hydrogen-bond donors (Lipinski definition) is 4. The van der Waals surface area contributed by atoms with E-state index in [1.165, 1.54) is 4.90 Å². The molecule has 0 spiro atoms. The molecule has 0 aliphatic rings. The molecular formula is C27H37N3O6S. The maximum Gasteiger partial charge on any atom is 0.408 e. The molecule has 2 atom stereocenters. The zero-order valence-corrected chi connectivity index (χ0v) is 23.1. The van der Waals surface area contributed by atoms with E-state index in [4.69, 9.17) is 9.47 Å². The third-order valence-corrected chi connectivity index (χ3v) is 6.02. The lowest BCUT2D eigenvalue weighted by Crippen LogP contribution is -2.54. The average molecular weight is 532 g/mol. The van der Waals surface area contributed by atoms with Gasteiger partial charge < -0.3 is 30.1 Å². The second-order valence-corrected chi connectivity index (χ2v) is 9.91. The molecule has 37 heavy (non-hydrogen) atoms. The van der Waals surface area contributed by atoms with E-state index in [0.717, 1.165) is 11.1 Å². The number of nitrogens with zero attached hydrogens (tertiary/aromatic N) is 1. The van der Waals surface area contributed by atoms with Gasteiger partial charge in [-0.15, -0.1) is 0 Å². The zero-order valence-electron chi connectivity index (χ0n) is 22.2. The smallest absolute Gasteiger partial charge is 0.408 e. The molecular weight excluding hydrogens is 494 g/mol. The number of aliphatic hydroxyl groups excluding tert-OH is 1. The highest BCUT2D eigenvalue weighted by Crippen LogP contribution is 2.29. The Morgan fingerprint density at radius 3 is 2.27 bits per heavy atom. The first-order valence-corrected chi connectivity index (χ1v) is 12.6. The number of ether oxygens (including phenoxy) is 2. The molecule has 0 heterocycles. The van der Waals surface area contributed by atoms with Crippen molar-refractivity contribution >= 4 is 36.2 Å². The summed E-state index contributed by atoms with van der Waals surface area (Å²) in [5.74, 6) is -0.466. The minimum Gasteiger partial charge on any atom is -0.497 e. The number of thiol groups is 1. The van der Waals surface area contributed by atoms with Crippen LogP contribution in [0.5, 0.6) is 5.75 Å². The highest BCUT2D eigenvalue weighted by atomic mass is 32.1. The Hall–Kier alpha value is -3.24. The van der Waals surface area contributed by atoms with Crippen molar-refractivity contribution in [2.75, 3.05) is 31.3 Å². The van der Waals surface area contributed by atoms with E-state index in [-0.39, 0.29) is 12.3 Å². The molecule has 10 heteroatoms. The topological polar surface area (TPSA) is 117 Å². The van der Waals surface area contributed by atoms with Crippen LogP contribution in [-0.2, 0) is 14.3 Å². The number of aliphatic hydroxyl groups is 1. The van der Waals surface area contributed by atoms with Gasteiger partial charge in [0.15, 0.2) is 0 Å². The number of hydrogen-bond acceptors (Lipinski definition) is 7. The standard InChI is InChI=1S/C27H37N3O6S/c1-17-8-7-9-21(18(17)2)23(24(32)28-19-10-12-20(35-6)13-11-19)30(14-15-31)25(33)22(16-37)29-26(34)36-27(3,4)5/h7-13,22-23,31,37H,14-16H2,1-6H3,(H,28,32)(H,29,34). The minimum atomic E-state index is -1.09. The van der Waals surface area contributed by atoms with Gasteiger partial charge in [0.05, 0.1) is 13.7 Å². The van der Waals surface area contributed by atoms with E-state index in [1.54, 1.807) is 58.2 Å². The first-order chi connectivity index (χ1) is 17.4. The van der Waals surface area contributed by atoms with Crippen molar-refractivity contribution in [1.29, 1.82) is 0 Å². The molecule has 202 valence electrons. The van der Waals surface area contributed by atoms with Crippen LogP contribution in [-0.4, -0.2) is 65.6 Å². The highest BCUT2D eigenvalue weighted by Gasteiger charge is 2.36. The molecule has 0 saturated heterocycles. The van der Waals surface area contributed by atoms with Crippen molar-refractivity contribution in [3.63, 3.8) is 0 Å². The molecule has 3 amide bonds. The van der Waals surface area contributed by atoms with Crippen molar-refractivity contribution < 1.29 is 29.0 Å². The summed E-state index contributed by atoms with van der Waals surface area (Å²) in [6.45, 7) is 8.37. The highest BCUT2D eigenvalue weighted by molar-refractivity contribution is 7.80. The van der Waals surface area contributed by atoms with E-state index in [0.29, 0.717) is 17.0 Å². The number of amides is 3. The van der Waals surface area contributed by atoms with Gasteiger partial charge in [-0.2, -0.15) is 12.6 Å². The fraction of sp³-hybridized carbons (Fsp3) is 0.444. The number of rotatable bonds is 10. The number of methoxy groups -OCH3 is 1. The molecule has 2 aromatic carbocycles. The van der Waals surface area contributed by atoms with Gasteiger partial charge in [0.2, 0.25) is 5.91 Å². The third kappa shape index (κ3) is 8.40. The largest absolute Gasteiger partial charge is 0.497 e. The molecule has 2 unspecified atom stereocenters. The Balaban J connectivity index is 2.48. The van der Waals surface area contributed by atoms with E-state index in [9.17, 15) is 19.5 Å². The first-order valence-electron chi connectivity index (χ1n) is 11.9. The summed E-state index contributed by atoms with van der Waals surface area (Å²) < 4.78 is 10.5. The zero-order chi connectivity index (χ0) is 27.8. The second kappa shape index (κ2) is 13.3. The maximum atomic E-state index is 13.7. The first kappa shape index (κ1) is 30.0. The van der Waals surface area contributed by atoms with Crippen LogP contribution in [0.25, 0.3) is 0 Å². The fourth-order valence-electron chi connectivity index (χ4n) is 3.72. The number of nitrogens with one attached hydrogen (secondary N) is 2. The Morgan fingerprint density at radius 2 is 1.73 bits per heavy atom. The molecule has 3 N–H and O–H groups in total. The van der Waals surface area contributed by atoms with Crippen LogP contribution in [0, 0.1) is 13.8 Å². The summed E-state index contributed by atoms with van der Waals surface area (Å²) in [7, 11) is 1.55. The molecule has 0 aliphatic carbocycles. The minimum absolute atomic E-state index is 0.0420. The number of anilines is 1. The van der Waals surface area contributed by atoms with E-state index in [1.807, 2.05) is 26.0 Å². The number of aryl methyl sites for hydroxylation is 1. The SMILES string of the molecule is COc1ccc(NC(=O)C(c2cccc(C)c2C)N(CCO)C(=O)C(CS)NC(=O)OC(C)(C)C)cc1. The Labute approximate surface area is 223 Å². The molecule has 0 aromatic heterocycles. The van der Waals surface area contributed by atoms with Gasteiger partial charge >= 0.3 is 6.09 Å². The van der Waals surface area contributed by atoms with Crippen molar-refractivity contribution in [3.05, 3.63) is 59.2 Å². The summed E-state index contributed by atoms with van der Waals surface area (Å²) in [4.78, 5) is 41.1. The molecule has 2 rings (SSSR count). The molecule has 0 fully saturated rings. The van der Waals surface area contributed by atoms with Crippen molar-refractivity contribution in [2.45, 2.75) is 52.3 Å². The molecule has 0 radical (unpaired) electrons. The van der Waals surface area contributed by atoms with Gasteiger partial charge in [0.1, 0.15) is 23.4 Å². The van der Waals surface area contributed by atoms with E-state index >= 15 is 0 Å². The summed E-state index contributed by atoms with van der Waals surface area (Å²) in [5, 5.41) is 15.3. The summed E-state index contributed by atoms with van der Waals surface area (Å²) in [6.07, 6.45) is -0.783. The van der Waals surface area contributed by atoms with Crippen LogP contribution >= 0.6 is 12.6 Å². The van der Waals surface area contributed by atoms with Gasteiger partial charge in [-0.3, -0.25) is 9.59 Å². The maximum absolute atomic E-state index is 13.7. The summed E-state index contributed by atoms with van der Waals surface area (Å²) in [6, 6.07) is 10.1. The van der Waals surface area contributed by atoms with Crippen LogP contribution in [0.2, 0.25) is 0 Å². The van der Waals surface area contributed by atoms with E-state index in [2.05, 4.69) is 23.3 Å². The second-order valence-electron chi connectivity index (χ2n) is 9.55. The summed E-state index contributed by atoms with van der Waals surface area (Å²) in [5.41, 5.74) is 2.11. The van der Waals surface area contributed by atoms with E-state index < -0.39 is 42.2 Å². The van der Waals surface area contributed by atoms with Crippen LogP contribution in [0.4, 0.5) is 10.5 Å². The van der Waals surface area contributed by atoms with Gasteiger partial charge in [-0.05, 0) is 75.6 Å². The Bertz CT molecular complexity index is 1080. The predicted octanol–water partition coefficient (Wildman–Crippen LogP) is 3.64. The van der Waals surface area contributed by atoms with Crippen LogP contribution in [0.3, 0.4) is 0 Å². The van der Waals surface area contributed by atoms with Crippen molar-refractivity contribution in [1.82, 2.24) is 10.2 Å². The molecule has 0 aliphatic heterocycles. The number of alkyl carbamates (subject to hydrolysis) is 1. The van der Waals surface area contributed by atoms with Crippen molar-refractivity contribution in [2.24, 2.45) is 0 Å². The quantitative estimate of drug-likeness (QED) is 0.348. The van der Waals surface area contributed by atoms with Gasteiger partial charge in [0, 0.05) is 18.0 Å². The number of carbonyl (C=O) groups excluding carboxylic acids is 3. The number of benzene rings is 2. The molecule has 2 aromatic rings. The van der Waals surface area contributed by atoms with Gasteiger partial charge in [-0.1, -0.05) is 18.2 Å². The predicted molar refractivity (Wildman–Crippen MR) is 146 cm³/mol. The lowest BCUT2D eigenvalue weighted by Gasteiger charge is -2.34.